The molecular formula is C12H14N4O. The molecule has 0 spiro atoms. The van der Waals surface area contributed by atoms with E-state index in [4.69, 9.17) is 10.5 Å². The minimum atomic E-state index is 0.631. The van der Waals surface area contributed by atoms with Gasteiger partial charge in [-0.3, -0.25) is 0 Å². The Hall–Kier alpha value is -2.30. The van der Waals surface area contributed by atoms with Gasteiger partial charge in [-0.2, -0.15) is 5.10 Å². The number of hydrogen-bond donors (Lipinski definition) is 2. The number of ether oxygens (including phenoxy) is 1. The van der Waals surface area contributed by atoms with Crippen molar-refractivity contribution < 1.29 is 4.74 Å². The average molecular weight is 230 g/mol. The van der Waals surface area contributed by atoms with Crippen LogP contribution >= 0.6 is 0 Å². The van der Waals surface area contributed by atoms with E-state index in [-0.39, 0.29) is 0 Å². The van der Waals surface area contributed by atoms with E-state index in [1.54, 1.807) is 13.3 Å². The summed E-state index contributed by atoms with van der Waals surface area (Å²) in [4.78, 5) is 0. The number of rotatable bonds is 4. The first-order valence-corrected chi connectivity index (χ1v) is 5.23. The molecule has 0 aliphatic heterocycles. The molecule has 0 amide bonds. The van der Waals surface area contributed by atoms with Crippen LogP contribution in [0.5, 0.6) is 5.75 Å². The number of nitrogen functional groups attached to an aromatic ring is 1. The molecule has 17 heavy (non-hydrogen) atoms. The normalized spacial score (nSPS) is 9.94. The summed E-state index contributed by atoms with van der Waals surface area (Å²) in [7, 11) is 1.60. The van der Waals surface area contributed by atoms with Crippen LogP contribution < -0.4 is 15.8 Å². The lowest BCUT2D eigenvalue weighted by Gasteiger charge is -2.08. The van der Waals surface area contributed by atoms with Crippen LogP contribution in [0.4, 0.5) is 11.5 Å². The fourth-order valence-corrected chi connectivity index (χ4v) is 1.48. The number of nitrogens with two attached hydrogens (primary N) is 1. The number of methoxy groups -OCH3 is 1. The molecule has 0 atom stereocenters. The number of hydrogen-bond acceptors (Lipinski definition) is 5. The van der Waals surface area contributed by atoms with E-state index < -0.39 is 0 Å². The van der Waals surface area contributed by atoms with E-state index in [0.29, 0.717) is 18.0 Å². The van der Waals surface area contributed by atoms with Gasteiger partial charge in [0.2, 0.25) is 0 Å². The number of benzene rings is 1. The summed E-state index contributed by atoms with van der Waals surface area (Å²) in [5.41, 5.74) is 7.51. The first-order valence-electron chi connectivity index (χ1n) is 5.23. The van der Waals surface area contributed by atoms with Gasteiger partial charge in [-0.1, -0.05) is 6.07 Å². The van der Waals surface area contributed by atoms with Crippen molar-refractivity contribution in [2.24, 2.45) is 0 Å². The van der Waals surface area contributed by atoms with Gasteiger partial charge in [0.05, 0.1) is 12.8 Å². The molecule has 0 aliphatic carbocycles. The summed E-state index contributed by atoms with van der Waals surface area (Å²) in [5.74, 6) is 1.43. The maximum atomic E-state index is 5.82. The van der Waals surface area contributed by atoms with Crippen LogP contribution in [-0.4, -0.2) is 17.3 Å². The van der Waals surface area contributed by atoms with Crippen LogP contribution in [0.2, 0.25) is 0 Å². The summed E-state index contributed by atoms with van der Waals surface area (Å²) in [6, 6.07) is 9.38. The van der Waals surface area contributed by atoms with Gasteiger partial charge in [-0.25, -0.2) is 0 Å². The highest BCUT2D eigenvalue weighted by Crippen LogP contribution is 2.22. The Bertz CT molecular complexity index is 487. The van der Waals surface area contributed by atoms with Gasteiger partial charge >= 0.3 is 0 Å². The third kappa shape index (κ3) is 2.84. The lowest BCUT2D eigenvalue weighted by Crippen LogP contribution is -2.03. The topological polar surface area (TPSA) is 73.1 Å². The van der Waals surface area contributed by atoms with Crippen LogP contribution in [0.1, 0.15) is 5.56 Å². The zero-order valence-corrected chi connectivity index (χ0v) is 9.55. The average Bonchev–Trinajstić information content (AvgIpc) is 2.38. The minimum absolute atomic E-state index is 0.631. The summed E-state index contributed by atoms with van der Waals surface area (Å²) < 4.78 is 5.09. The van der Waals surface area contributed by atoms with Crippen molar-refractivity contribution >= 4 is 11.5 Å². The molecule has 0 unspecified atom stereocenters. The number of nitrogens with zero attached hydrogens (tertiary/aromatic N) is 2. The number of aromatic nitrogens is 2. The summed E-state index contributed by atoms with van der Waals surface area (Å²) in [6.45, 7) is 0.646. The molecule has 0 saturated heterocycles. The molecule has 88 valence electrons. The second-order valence-corrected chi connectivity index (χ2v) is 3.54. The van der Waals surface area contributed by atoms with Gasteiger partial charge in [0, 0.05) is 12.7 Å². The first kappa shape index (κ1) is 11.2. The van der Waals surface area contributed by atoms with Gasteiger partial charge in [0.15, 0.2) is 0 Å². The lowest BCUT2D eigenvalue weighted by molar-refractivity contribution is 0.417. The second kappa shape index (κ2) is 5.16. The molecule has 5 nitrogen and oxygen atoms in total. The Kier molecular flexibility index (Phi) is 3.40. The van der Waals surface area contributed by atoms with E-state index in [0.717, 1.165) is 11.4 Å². The van der Waals surface area contributed by atoms with Crippen molar-refractivity contribution in [3.05, 3.63) is 42.1 Å². The van der Waals surface area contributed by atoms with Gasteiger partial charge in [-0.05, 0) is 29.8 Å². The van der Waals surface area contributed by atoms with Crippen LogP contribution in [0.15, 0.2) is 36.5 Å². The standard InChI is InChI=1S/C12H14N4O/c1-17-11-5-4-9(7-10(11)13)8-14-12-3-2-6-15-16-12/h2-7H,8,13H2,1H3,(H,14,16). The van der Waals surface area contributed by atoms with Crippen molar-refractivity contribution in [1.82, 2.24) is 10.2 Å². The Labute approximate surface area is 99.6 Å². The smallest absolute Gasteiger partial charge is 0.148 e. The van der Waals surface area contributed by atoms with E-state index in [1.165, 1.54) is 0 Å². The zero-order valence-electron chi connectivity index (χ0n) is 9.55. The third-order valence-electron chi connectivity index (χ3n) is 2.34. The minimum Gasteiger partial charge on any atom is -0.495 e. The molecule has 5 heteroatoms. The highest BCUT2D eigenvalue weighted by atomic mass is 16.5. The molecule has 1 aromatic heterocycles. The van der Waals surface area contributed by atoms with Crippen molar-refractivity contribution in [2.45, 2.75) is 6.54 Å². The van der Waals surface area contributed by atoms with Gasteiger partial charge in [0.25, 0.3) is 0 Å². The Balaban J connectivity index is 2.02. The Morgan fingerprint density at radius 3 is 2.88 bits per heavy atom. The Morgan fingerprint density at radius 2 is 2.24 bits per heavy atom. The van der Waals surface area contributed by atoms with E-state index in [2.05, 4.69) is 15.5 Å². The second-order valence-electron chi connectivity index (χ2n) is 3.54. The summed E-state index contributed by atoms with van der Waals surface area (Å²) in [6.07, 6.45) is 1.64. The molecule has 2 aromatic rings. The number of anilines is 2. The van der Waals surface area contributed by atoms with Crippen LogP contribution in [0.3, 0.4) is 0 Å². The molecule has 1 aromatic carbocycles. The van der Waals surface area contributed by atoms with Gasteiger partial charge in [-0.15, -0.1) is 5.10 Å². The molecule has 3 N–H and O–H groups in total. The third-order valence-corrected chi connectivity index (χ3v) is 2.34. The highest BCUT2D eigenvalue weighted by molar-refractivity contribution is 5.54. The van der Waals surface area contributed by atoms with Crippen LogP contribution in [0.25, 0.3) is 0 Å². The maximum absolute atomic E-state index is 5.82. The van der Waals surface area contributed by atoms with Crippen molar-refractivity contribution in [3.8, 4) is 5.75 Å². The summed E-state index contributed by atoms with van der Waals surface area (Å²) in [5, 5.41) is 10.9. The summed E-state index contributed by atoms with van der Waals surface area (Å²) >= 11 is 0. The monoisotopic (exact) mass is 230 g/mol. The molecule has 1 heterocycles. The maximum Gasteiger partial charge on any atom is 0.148 e. The van der Waals surface area contributed by atoms with Gasteiger partial charge < -0.3 is 15.8 Å². The SMILES string of the molecule is COc1ccc(CNc2cccnn2)cc1N. The van der Waals surface area contributed by atoms with Crippen molar-refractivity contribution in [3.63, 3.8) is 0 Å². The number of nitrogens with one attached hydrogen (secondary N) is 1. The fourth-order valence-electron chi connectivity index (χ4n) is 1.48. The molecular weight excluding hydrogens is 216 g/mol. The lowest BCUT2D eigenvalue weighted by atomic mass is 10.2. The van der Waals surface area contributed by atoms with Gasteiger partial charge in [0.1, 0.15) is 11.6 Å². The largest absolute Gasteiger partial charge is 0.495 e. The Morgan fingerprint density at radius 1 is 1.35 bits per heavy atom. The molecule has 0 aliphatic rings. The van der Waals surface area contributed by atoms with Crippen molar-refractivity contribution in [1.29, 1.82) is 0 Å². The highest BCUT2D eigenvalue weighted by Gasteiger charge is 2.00. The van der Waals surface area contributed by atoms with Crippen LogP contribution in [0, 0.1) is 0 Å². The van der Waals surface area contributed by atoms with E-state index >= 15 is 0 Å². The molecule has 0 saturated carbocycles. The quantitative estimate of drug-likeness (QED) is 0.782. The molecule has 2 rings (SSSR count). The van der Waals surface area contributed by atoms with E-state index in [9.17, 15) is 0 Å². The zero-order chi connectivity index (χ0) is 12.1. The molecule has 0 radical (unpaired) electrons. The van der Waals surface area contributed by atoms with E-state index in [1.807, 2.05) is 30.3 Å². The van der Waals surface area contributed by atoms with Crippen LogP contribution in [-0.2, 0) is 6.54 Å². The first-order chi connectivity index (χ1) is 8.29. The predicted molar refractivity (Wildman–Crippen MR) is 66.8 cm³/mol. The fraction of sp³-hybridized carbons (Fsp3) is 0.167. The molecule has 0 bridgehead atoms. The molecule has 0 fully saturated rings. The predicted octanol–water partition coefficient (Wildman–Crippen LogP) is 1.68. The van der Waals surface area contributed by atoms with Crippen molar-refractivity contribution in [2.75, 3.05) is 18.2 Å².